The Labute approximate surface area is 67.6 Å². The molecule has 0 spiro atoms. The second kappa shape index (κ2) is 3.32. The summed E-state index contributed by atoms with van der Waals surface area (Å²) in [6.07, 6.45) is 1.30. The van der Waals surface area contributed by atoms with E-state index in [0.29, 0.717) is 12.0 Å². The lowest BCUT2D eigenvalue weighted by atomic mass is 9.74. The minimum Gasteiger partial charge on any atom is -0.381 e. The fourth-order valence-corrected chi connectivity index (χ4v) is 1.73. The Balaban J connectivity index is 2.49. The fraction of sp³-hybridized carbons (Fsp3) is 0.875. The standard InChI is InChI=1S/C8H16N2O/c1-5(9)8-6(10-2)4-7(8)11-3/h6-10H,4H2,1-3H3. The lowest BCUT2D eigenvalue weighted by Gasteiger charge is -2.43. The van der Waals surface area contributed by atoms with Gasteiger partial charge in [0.05, 0.1) is 6.10 Å². The summed E-state index contributed by atoms with van der Waals surface area (Å²) < 4.78 is 5.21. The maximum Gasteiger partial charge on any atom is 0.0681 e. The van der Waals surface area contributed by atoms with Crippen molar-refractivity contribution in [1.82, 2.24) is 5.32 Å². The Morgan fingerprint density at radius 2 is 2.27 bits per heavy atom. The molecule has 3 atom stereocenters. The van der Waals surface area contributed by atoms with Crippen LogP contribution in [0.15, 0.2) is 0 Å². The first kappa shape index (κ1) is 8.68. The fourth-order valence-electron chi connectivity index (χ4n) is 1.73. The van der Waals surface area contributed by atoms with Crippen LogP contribution in [0.2, 0.25) is 0 Å². The van der Waals surface area contributed by atoms with E-state index in [2.05, 4.69) is 5.32 Å². The van der Waals surface area contributed by atoms with Crippen LogP contribution in [0.5, 0.6) is 0 Å². The van der Waals surface area contributed by atoms with Gasteiger partial charge in [0.1, 0.15) is 0 Å². The maximum atomic E-state index is 7.50. The number of hydrogen-bond acceptors (Lipinski definition) is 3. The number of ether oxygens (including phenoxy) is 1. The number of hydrogen-bond donors (Lipinski definition) is 2. The average molecular weight is 156 g/mol. The number of methoxy groups -OCH3 is 1. The summed E-state index contributed by atoms with van der Waals surface area (Å²) in [4.78, 5) is 0. The Morgan fingerprint density at radius 3 is 2.64 bits per heavy atom. The highest BCUT2D eigenvalue weighted by molar-refractivity contribution is 5.83. The largest absolute Gasteiger partial charge is 0.381 e. The van der Waals surface area contributed by atoms with Gasteiger partial charge in [-0.25, -0.2) is 0 Å². The molecule has 64 valence electrons. The van der Waals surface area contributed by atoms with E-state index in [0.717, 1.165) is 12.1 Å². The van der Waals surface area contributed by atoms with Gasteiger partial charge in [-0.1, -0.05) is 0 Å². The van der Waals surface area contributed by atoms with Gasteiger partial charge in [0, 0.05) is 24.8 Å². The van der Waals surface area contributed by atoms with Crippen molar-refractivity contribution in [2.24, 2.45) is 5.92 Å². The Hall–Kier alpha value is -0.410. The molecule has 0 radical (unpaired) electrons. The summed E-state index contributed by atoms with van der Waals surface area (Å²) in [7, 11) is 3.65. The van der Waals surface area contributed by atoms with Crippen molar-refractivity contribution in [3.05, 3.63) is 0 Å². The van der Waals surface area contributed by atoms with Gasteiger partial charge in [-0.05, 0) is 20.4 Å². The molecule has 1 fully saturated rings. The van der Waals surface area contributed by atoms with Crippen LogP contribution >= 0.6 is 0 Å². The van der Waals surface area contributed by atoms with Crippen molar-refractivity contribution < 1.29 is 4.74 Å². The highest BCUT2D eigenvalue weighted by atomic mass is 16.5. The summed E-state index contributed by atoms with van der Waals surface area (Å²) in [5.74, 6) is 0.296. The molecule has 3 heteroatoms. The first-order chi connectivity index (χ1) is 5.20. The van der Waals surface area contributed by atoms with Gasteiger partial charge in [-0.2, -0.15) is 0 Å². The molecule has 1 aliphatic rings. The number of rotatable bonds is 3. The lowest BCUT2D eigenvalue weighted by molar-refractivity contribution is -0.0113. The molecule has 0 amide bonds. The van der Waals surface area contributed by atoms with E-state index in [1.807, 2.05) is 14.0 Å². The first-order valence-corrected chi connectivity index (χ1v) is 3.95. The third-order valence-electron chi connectivity index (χ3n) is 2.49. The van der Waals surface area contributed by atoms with E-state index in [-0.39, 0.29) is 6.10 Å². The van der Waals surface area contributed by atoms with Crippen LogP contribution in [0.1, 0.15) is 13.3 Å². The summed E-state index contributed by atoms with van der Waals surface area (Å²) >= 11 is 0. The van der Waals surface area contributed by atoms with Crippen LogP contribution in [0, 0.1) is 11.3 Å². The van der Waals surface area contributed by atoms with Gasteiger partial charge in [0.15, 0.2) is 0 Å². The zero-order chi connectivity index (χ0) is 8.43. The summed E-state index contributed by atoms with van der Waals surface area (Å²) in [6, 6.07) is 0.456. The first-order valence-electron chi connectivity index (χ1n) is 3.95. The molecule has 0 aromatic carbocycles. The van der Waals surface area contributed by atoms with Gasteiger partial charge in [-0.15, -0.1) is 0 Å². The monoisotopic (exact) mass is 156 g/mol. The predicted octanol–water partition coefficient (Wildman–Crippen LogP) is 0.649. The topological polar surface area (TPSA) is 45.1 Å². The van der Waals surface area contributed by atoms with Crippen molar-refractivity contribution in [3.63, 3.8) is 0 Å². The van der Waals surface area contributed by atoms with Crippen molar-refractivity contribution in [2.45, 2.75) is 25.5 Å². The van der Waals surface area contributed by atoms with Crippen LogP contribution in [-0.2, 0) is 4.74 Å². The van der Waals surface area contributed by atoms with Crippen LogP contribution in [0.4, 0.5) is 0 Å². The molecule has 0 saturated heterocycles. The maximum absolute atomic E-state index is 7.50. The second-order valence-electron chi connectivity index (χ2n) is 3.11. The molecule has 0 aliphatic heterocycles. The molecule has 0 bridgehead atoms. The molecule has 11 heavy (non-hydrogen) atoms. The minimum atomic E-state index is 0.268. The third-order valence-corrected chi connectivity index (χ3v) is 2.49. The van der Waals surface area contributed by atoms with Crippen molar-refractivity contribution in [3.8, 4) is 0 Å². The molecular formula is C8H16N2O. The van der Waals surface area contributed by atoms with Crippen LogP contribution in [0.3, 0.4) is 0 Å². The van der Waals surface area contributed by atoms with E-state index in [1.54, 1.807) is 7.11 Å². The van der Waals surface area contributed by atoms with E-state index in [1.165, 1.54) is 0 Å². The highest BCUT2D eigenvalue weighted by Gasteiger charge is 2.41. The van der Waals surface area contributed by atoms with Crippen molar-refractivity contribution in [1.29, 1.82) is 5.41 Å². The molecule has 1 rings (SSSR count). The molecular weight excluding hydrogens is 140 g/mol. The van der Waals surface area contributed by atoms with Gasteiger partial charge in [-0.3, -0.25) is 0 Å². The molecule has 2 N–H and O–H groups in total. The van der Waals surface area contributed by atoms with Gasteiger partial charge < -0.3 is 15.5 Å². The van der Waals surface area contributed by atoms with Gasteiger partial charge in [0.25, 0.3) is 0 Å². The average Bonchev–Trinajstić information content (AvgIpc) is 1.86. The Bertz CT molecular complexity index is 148. The normalized spacial score (nSPS) is 36.5. The van der Waals surface area contributed by atoms with E-state index in [4.69, 9.17) is 10.1 Å². The molecule has 0 heterocycles. The van der Waals surface area contributed by atoms with Crippen molar-refractivity contribution >= 4 is 5.71 Å². The molecule has 1 saturated carbocycles. The zero-order valence-corrected chi connectivity index (χ0v) is 7.35. The summed E-state index contributed by atoms with van der Waals surface area (Å²) in [5.41, 5.74) is 0.724. The molecule has 1 aliphatic carbocycles. The number of nitrogens with one attached hydrogen (secondary N) is 2. The van der Waals surface area contributed by atoms with Crippen LogP contribution in [-0.4, -0.2) is 32.0 Å². The van der Waals surface area contributed by atoms with Crippen LogP contribution in [0.25, 0.3) is 0 Å². The lowest BCUT2D eigenvalue weighted by Crippen LogP contribution is -2.56. The Morgan fingerprint density at radius 1 is 1.64 bits per heavy atom. The van der Waals surface area contributed by atoms with Crippen molar-refractivity contribution in [2.75, 3.05) is 14.2 Å². The van der Waals surface area contributed by atoms with Gasteiger partial charge >= 0.3 is 0 Å². The quantitative estimate of drug-likeness (QED) is 0.589. The summed E-state index contributed by atoms with van der Waals surface area (Å²) in [6.45, 7) is 1.85. The predicted molar refractivity (Wildman–Crippen MR) is 45.2 cm³/mol. The van der Waals surface area contributed by atoms with Gasteiger partial charge in [0.2, 0.25) is 0 Å². The summed E-state index contributed by atoms with van der Waals surface area (Å²) in [5, 5.41) is 10.7. The second-order valence-corrected chi connectivity index (χ2v) is 3.11. The highest BCUT2D eigenvalue weighted by Crippen LogP contribution is 2.30. The van der Waals surface area contributed by atoms with E-state index >= 15 is 0 Å². The third kappa shape index (κ3) is 1.44. The molecule has 0 aromatic rings. The van der Waals surface area contributed by atoms with E-state index in [9.17, 15) is 0 Å². The van der Waals surface area contributed by atoms with E-state index < -0.39 is 0 Å². The molecule has 3 unspecified atom stereocenters. The smallest absolute Gasteiger partial charge is 0.0681 e. The molecule has 3 nitrogen and oxygen atoms in total. The Kier molecular flexibility index (Phi) is 2.62. The minimum absolute atomic E-state index is 0.268. The SMILES string of the molecule is CNC1CC(OC)C1C(C)=N. The molecule has 0 aromatic heterocycles. The van der Waals surface area contributed by atoms with Crippen LogP contribution < -0.4 is 5.32 Å². The zero-order valence-electron chi connectivity index (χ0n) is 7.35.